The van der Waals surface area contributed by atoms with E-state index in [-0.39, 0.29) is 35.3 Å². The van der Waals surface area contributed by atoms with Crippen LogP contribution in [0.1, 0.15) is 25.0 Å². The molecule has 3 rings (SSSR count). The summed E-state index contributed by atoms with van der Waals surface area (Å²) in [5.41, 5.74) is 1.11. The minimum absolute atomic E-state index is 0.127. The van der Waals surface area contributed by atoms with Gasteiger partial charge in [0.2, 0.25) is 21.8 Å². The minimum atomic E-state index is -3.95. The van der Waals surface area contributed by atoms with Crippen LogP contribution in [-0.4, -0.2) is 50.0 Å². The van der Waals surface area contributed by atoms with E-state index in [4.69, 9.17) is 11.6 Å². The lowest BCUT2D eigenvalue weighted by molar-refractivity contribution is -0.140. The molecule has 0 saturated heterocycles. The highest BCUT2D eigenvalue weighted by atomic mass is 35.5. The number of nitrogens with one attached hydrogen (secondary N) is 1. The van der Waals surface area contributed by atoms with E-state index in [1.165, 1.54) is 35.2 Å². The Kier molecular flexibility index (Phi) is 9.88. The molecule has 38 heavy (non-hydrogen) atoms. The van der Waals surface area contributed by atoms with Gasteiger partial charge in [-0.1, -0.05) is 72.3 Å². The molecule has 3 aromatic rings. The Morgan fingerprint density at radius 1 is 0.947 bits per heavy atom. The maximum Gasteiger partial charge on any atom is 0.244 e. The summed E-state index contributed by atoms with van der Waals surface area (Å²) >= 11 is 6.27. The minimum Gasteiger partial charge on any atom is -0.352 e. The Morgan fingerprint density at radius 3 is 2.16 bits per heavy atom. The van der Waals surface area contributed by atoms with Gasteiger partial charge in [0.25, 0.3) is 0 Å². The molecule has 10 heteroatoms. The van der Waals surface area contributed by atoms with Crippen molar-refractivity contribution in [2.45, 2.75) is 38.9 Å². The van der Waals surface area contributed by atoms with Crippen LogP contribution >= 0.6 is 11.6 Å². The second kappa shape index (κ2) is 12.9. The number of sulfonamides is 1. The molecule has 202 valence electrons. The van der Waals surface area contributed by atoms with Crippen LogP contribution in [0.2, 0.25) is 5.02 Å². The number of anilines is 1. The van der Waals surface area contributed by atoms with E-state index in [1.807, 2.05) is 30.3 Å². The van der Waals surface area contributed by atoms with Crippen molar-refractivity contribution in [1.29, 1.82) is 0 Å². The highest BCUT2D eigenvalue weighted by molar-refractivity contribution is 7.92. The fraction of sp³-hybridized carbons (Fsp3) is 0.286. The summed E-state index contributed by atoms with van der Waals surface area (Å²) in [5.74, 6) is -1.66. The lowest BCUT2D eigenvalue weighted by Crippen LogP contribution is -2.54. The molecule has 0 unspecified atom stereocenters. The fourth-order valence-corrected chi connectivity index (χ4v) is 5.14. The summed E-state index contributed by atoms with van der Waals surface area (Å²) in [6.45, 7) is 2.72. The second-order valence-electron chi connectivity index (χ2n) is 9.20. The smallest absolute Gasteiger partial charge is 0.244 e. The van der Waals surface area contributed by atoms with Gasteiger partial charge in [-0.25, -0.2) is 12.8 Å². The van der Waals surface area contributed by atoms with Crippen molar-refractivity contribution >= 4 is 39.1 Å². The number of carbonyl (C=O) groups excluding carboxylic acids is 2. The van der Waals surface area contributed by atoms with Crippen molar-refractivity contribution in [3.63, 3.8) is 0 Å². The summed E-state index contributed by atoms with van der Waals surface area (Å²) < 4.78 is 41.1. The highest BCUT2D eigenvalue weighted by Crippen LogP contribution is 2.28. The lowest BCUT2D eigenvalue weighted by atomic mass is 10.0. The van der Waals surface area contributed by atoms with Crippen LogP contribution in [0.3, 0.4) is 0 Å². The van der Waals surface area contributed by atoms with E-state index >= 15 is 0 Å². The average Bonchev–Trinajstić information content (AvgIpc) is 2.85. The normalized spacial score (nSPS) is 12.2. The standard InChI is InChI=1S/C28H31ClFN3O4S/c1-20(2)31-28(35)26(17-21-11-5-4-6-12-21)32(18-22-13-7-9-15-24(22)30)27(34)19-33(38(3,36)37)25-16-10-8-14-23(25)29/h4-16,20,26H,17-19H2,1-3H3,(H,31,35)/t26-/m0/s1. The first kappa shape index (κ1) is 29.1. The number of benzene rings is 3. The van der Waals surface area contributed by atoms with Gasteiger partial charge in [-0.2, -0.15) is 0 Å². The second-order valence-corrected chi connectivity index (χ2v) is 11.5. The Labute approximate surface area is 228 Å². The molecule has 0 heterocycles. The quantitative estimate of drug-likeness (QED) is 0.377. The maximum absolute atomic E-state index is 14.7. The number of hydrogen-bond acceptors (Lipinski definition) is 4. The van der Waals surface area contributed by atoms with Crippen LogP contribution in [0.5, 0.6) is 0 Å². The summed E-state index contributed by atoms with van der Waals surface area (Å²) in [7, 11) is -3.95. The zero-order valence-electron chi connectivity index (χ0n) is 21.5. The van der Waals surface area contributed by atoms with E-state index in [1.54, 1.807) is 32.0 Å². The van der Waals surface area contributed by atoms with Gasteiger partial charge < -0.3 is 10.2 Å². The third-order valence-corrected chi connectivity index (χ3v) is 7.25. The molecule has 0 saturated carbocycles. The first-order valence-electron chi connectivity index (χ1n) is 12.1. The number of amides is 2. The molecule has 2 amide bonds. The van der Waals surface area contributed by atoms with Gasteiger partial charge >= 0.3 is 0 Å². The molecule has 0 radical (unpaired) electrons. The summed E-state index contributed by atoms with van der Waals surface area (Å²) in [5, 5.41) is 2.99. The molecule has 0 aliphatic heterocycles. The maximum atomic E-state index is 14.7. The SMILES string of the molecule is CC(C)NC(=O)[C@H](Cc1ccccc1)N(Cc1ccccc1F)C(=O)CN(c1ccccc1Cl)S(C)(=O)=O. The largest absolute Gasteiger partial charge is 0.352 e. The van der Waals surface area contributed by atoms with Crippen molar-refractivity contribution in [3.8, 4) is 0 Å². The third-order valence-electron chi connectivity index (χ3n) is 5.80. The molecule has 1 N–H and O–H groups in total. The van der Waals surface area contributed by atoms with Crippen molar-refractivity contribution < 1.29 is 22.4 Å². The molecule has 0 bridgehead atoms. The van der Waals surface area contributed by atoms with Gasteiger partial charge in [-0.05, 0) is 37.6 Å². The predicted molar refractivity (Wildman–Crippen MR) is 148 cm³/mol. The Balaban J connectivity index is 2.08. The molecule has 0 fully saturated rings. The number of para-hydroxylation sites is 1. The van der Waals surface area contributed by atoms with Crippen LogP contribution < -0.4 is 9.62 Å². The summed E-state index contributed by atoms with van der Waals surface area (Å²) in [6, 6.07) is 20.1. The lowest BCUT2D eigenvalue weighted by Gasteiger charge is -2.34. The van der Waals surface area contributed by atoms with Gasteiger partial charge in [0.15, 0.2) is 0 Å². The fourth-order valence-electron chi connectivity index (χ4n) is 3.99. The van der Waals surface area contributed by atoms with Crippen molar-refractivity contribution in [2.24, 2.45) is 0 Å². The first-order chi connectivity index (χ1) is 18.0. The van der Waals surface area contributed by atoms with Crippen LogP contribution in [0.15, 0.2) is 78.9 Å². The molecule has 0 aromatic heterocycles. The predicted octanol–water partition coefficient (Wildman–Crippen LogP) is 4.41. The van der Waals surface area contributed by atoms with Crippen LogP contribution in [-0.2, 0) is 32.6 Å². The average molecular weight is 560 g/mol. The Morgan fingerprint density at radius 2 is 1.55 bits per heavy atom. The zero-order chi connectivity index (χ0) is 27.9. The Hall–Kier alpha value is -3.43. The molecule has 3 aromatic carbocycles. The molecular weight excluding hydrogens is 529 g/mol. The van der Waals surface area contributed by atoms with E-state index in [0.29, 0.717) is 0 Å². The number of nitrogens with zero attached hydrogens (tertiary/aromatic N) is 2. The van der Waals surface area contributed by atoms with Crippen molar-refractivity contribution in [2.75, 3.05) is 17.1 Å². The van der Waals surface area contributed by atoms with Crippen LogP contribution in [0.4, 0.5) is 10.1 Å². The van der Waals surface area contributed by atoms with E-state index in [2.05, 4.69) is 5.32 Å². The summed E-state index contributed by atoms with van der Waals surface area (Å²) in [4.78, 5) is 28.6. The van der Waals surface area contributed by atoms with Gasteiger partial charge in [0.05, 0.1) is 17.0 Å². The Bertz CT molecular complexity index is 1370. The van der Waals surface area contributed by atoms with Crippen molar-refractivity contribution in [3.05, 3.63) is 101 Å². The van der Waals surface area contributed by atoms with Gasteiger partial charge in [0, 0.05) is 24.6 Å². The molecule has 0 spiro atoms. The van der Waals surface area contributed by atoms with E-state index in [9.17, 15) is 22.4 Å². The van der Waals surface area contributed by atoms with Crippen LogP contribution in [0, 0.1) is 5.82 Å². The third kappa shape index (κ3) is 7.79. The first-order valence-corrected chi connectivity index (χ1v) is 14.3. The van der Waals surface area contributed by atoms with E-state index < -0.39 is 40.2 Å². The van der Waals surface area contributed by atoms with Gasteiger partial charge in [0.1, 0.15) is 18.4 Å². The topological polar surface area (TPSA) is 86.8 Å². The number of halogens is 2. The molecule has 0 aliphatic rings. The van der Waals surface area contributed by atoms with Crippen LogP contribution in [0.25, 0.3) is 0 Å². The van der Waals surface area contributed by atoms with E-state index in [0.717, 1.165) is 16.1 Å². The molecule has 1 atom stereocenters. The van der Waals surface area contributed by atoms with Gasteiger partial charge in [-0.3, -0.25) is 13.9 Å². The number of hydrogen-bond donors (Lipinski definition) is 1. The number of rotatable bonds is 11. The molecular formula is C28H31ClFN3O4S. The zero-order valence-corrected chi connectivity index (χ0v) is 23.0. The molecule has 0 aliphatic carbocycles. The highest BCUT2D eigenvalue weighted by Gasteiger charge is 2.34. The molecule has 7 nitrogen and oxygen atoms in total. The monoisotopic (exact) mass is 559 g/mol. The van der Waals surface area contributed by atoms with Gasteiger partial charge in [-0.15, -0.1) is 0 Å². The summed E-state index contributed by atoms with van der Waals surface area (Å²) in [6.07, 6.45) is 1.11. The van der Waals surface area contributed by atoms with Crippen molar-refractivity contribution in [1.82, 2.24) is 10.2 Å². The number of carbonyl (C=O) groups is 2.